The maximum absolute atomic E-state index is 12.5. The van der Waals surface area contributed by atoms with Crippen molar-refractivity contribution >= 4 is 17.8 Å². The van der Waals surface area contributed by atoms with Crippen LogP contribution in [0.5, 0.6) is 0 Å². The Balaban J connectivity index is 2.96. The molecule has 132 valence electrons. The summed E-state index contributed by atoms with van der Waals surface area (Å²) in [5.74, 6) is -2.99. The monoisotopic (exact) mass is 335 g/mol. The summed E-state index contributed by atoms with van der Waals surface area (Å²) in [5, 5.41) is 2.75. The maximum Gasteiger partial charge on any atom is 0.338 e. The molecule has 1 unspecified atom stereocenters. The smallest absolute Gasteiger partial charge is 0.338 e. The normalized spacial score (nSPS) is 11.5. The van der Waals surface area contributed by atoms with E-state index in [1.165, 1.54) is 20.3 Å². The molecule has 0 radical (unpaired) electrons. The van der Waals surface area contributed by atoms with Crippen LogP contribution in [0.25, 0.3) is 0 Å². The highest BCUT2D eigenvalue weighted by atomic mass is 16.5. The fraction of sp³-hybridized carbons (Fsp3) is 0.500. The predicted molar refractivity (Wildman–Crippen MR) is 89.7 cm³/mol. The van der Waals surface area contributed by atoms with Crippen LogP contribution in [0.4, 0.5) is 0 Å². The summed E-state index contributed by atoms with van der Waals surface area (Å²) in [6, 6.07) is 6.38. The Kier molecular flexibility index (Phi) is 8.54. The lowest BCUT2D eigenvalue weighted by molar-refractivity contribution is -0.146. The lowest BCUT2D eigenvalue weighted by atomic mass is 9.93. The molecule has 0 saturated heterocycles. The van der Waals surface area contributed by atoms with Gasteiger partial charge in [-0.1, -0.05) is 44.4 Å². The van der Waals surface area contributed by atoms with Crippen molar-refractivity contribution in [2.45, 2.75) is 38.5 Å². The van der Waals surface area contributed by atoms with E-state index < -0.39 is 23.8 Å². The van der Waals surface area contributed by atoms with E-state index in [-0.39, 0.29) is 11.1 Å². The van der Waals surface area contributed by atoms with Gasteiger partial charge in [0.25, 0.3) is 0 Å². The molecule has 0 aliphatic heterocycles. The molecule has 0 aromatic heterocycles. The second-order valence-corrected chi connectivity index (χ2v) is 5.39. The molecule has 6 heteroatoms. The highest BCUT2D eigenvalue weighted by molar-refractivity contribution is 6.06. The standard InChI is InChI=1S/C18H25NO5/c1-4-5-6-9-12-19-16(20)15(18(22)24-3)13-10-7-8-11-14(13)17(21)23-2/h7-8,10-11,15H,4-6,9,12H2,1-3H3,(H,19,20). The quantitative estimate of drug-likeness (QED) is 0.426. The van der Waals surface area contributed by atoms with Crippen LogP contribution in [0, 0.1) is 0 Å². The zero-order valence-electron chi connectivity index (χ0n) is 14.5. The van der Waals surface area contributed by atoms with E-state index >= 15 is 0 Å². The van der Waals surface area contributed by atoms with Crippen molar-refractivity contribution in [3.05, 3.63) is 35.4 Å². The summed E-state index contributed by atoms with van der Waals surface area (Å²) in [5.41, 5.74) is 0.457. The molecule has 1 N–H and O–H groups in total. The number of hydrogen-bond donors (Lipinski definition) is 1. The fourth-order valence-electron chi connectivity index (χ4n) is 2.40. The van der Waals surface area contributed by atoms with Crippen molar-refractivity contribution in [2.75, 3.05) is 20.8 Å². The maximum atomic E-state index is 12.5. The molecule has 1 aromatic rings. The molecule has 0 aliphatic rings. The first-order valence-electron chi connectivity index (χ1n) is 8.09. The van der Waals surface area contributed by atoms with Crippen molar-refractivity contribution in [3.8, 4) is 0 Å². The van der Waals surface area contributed by atoms with Crippen LogP contribution in [-0.4, -0.2) is 38.6 Å². The van der Waals surface area contributed by atoms with Crippen molar-refractivity contribution in [1.82, 2.24) is 5.32 Å². The van der Waals surface area contributed by atoms with Crippen molar-refractivity contribution in [2.24, 2.45) is 0 Å². The van der Waals surface area contributed by atoms with Crippen LogP contribution < -0.4 is 5.32 Å². The van der Waals surface area contributed by atoms with Gasteiger partial charge in [-0.25, -0.2) is 4.79 Å². The van der Waals surface area contributed by atoms with Crippen LogP contribution in [0.15, 0.2) is 24.3 Å². The Morgan fingerprint density at radius 3 is 2.38 bits per heavy atom. The van der Waals surface area contributed by atoms with Crippen LogP contribution in [0.1, 0.15) is 54.4 Å². The zero-order valence-corrected chi connectivity index (χ0v) is 14.5. The summed E-state index contributed by atoms with van der Waals surface area (Å²) in [4.78, 5) is 36.5. The number of nitrogens with one attached hydrogen (secondary N) is 1. The Morgan fingerprint density at radius 2 is 1.75 bits per heavy atom. The summed E-state index contributed by atoms with van der Waals surface area (Å²) in [6.45, 7) is 2.59. The number of carbonyl (C=O) groups excluding carboxylic acids is 3. The predicted octanol–water partition coefficient (Wildman–Crippen LogP) is 2.43. The number of ether oxygens (including phenoxy) is 2. The Bertz CT molecular complexity index is 570. The highest BCUT2D eigenvalue weighted by Gasteiger charge is 2.32. The average Bonchev–Trinajstić information content (AvgIpc) is 2.61. The molecule has 24 heavy (non-hydrogen) atoms. The van der Waals surface area contributed by atoms with E-state index in [0.717, 1.165) is 25.7 Å². The van der Waals surface area contributed by atoms with Gasteiger partial charge in [0.2, 0.25) is 5.91 Å². The third-order valence-electron chi connectivity index (χ3n) is 3.71. The van der Waals surface area contributed by atoms with Gasteiger partial charge in [0.1, 0.15) is 0 Å². The van der Waals surface area contributed by atoms with Gasteiger partial charge in [-0.05, 0) is 18.1 Å². The van der Waals surface area contributed by atoms with Gasteiger partial charge in [0, 0.05) is 6.54 Å². The van der Waals surface area contributed by atoms with Gasteiger partial charge in [-0.15, -0.1) is 0 Å². The van der Waals surface area contributed by atoms with E-state index in [4.69, 9.17) is 9.47 Å². The zero-order chi connectivity index (χ0) is 17.9. The number of amides is 1. The minimum atomic E-state index is -1.20. The molecule has 1 rings (SSSR count). The fourth-order valence-corrected chi connectivity index (χ4v) is 2.40. The van der Waals surface area contributed by atoms with E-state index in [9.17, 15) is 14.4 Å². The number of unbranched alkanes of at least 4 members (excludes halogenated alkanes) is 3. The summed E-state index contributed by atoms with van der Waals surface area (Å²) in [7, 11) is 2.46. The molecule has 0 bridgehead atoms. The lowest BCUT2D eigenvalue weighted by Crippen LogP contribution is -2.35. The van der Waals surface area contributed by atoms with Crippen molar-refractivity contribution < 1.29 is 23.9 Å². The Morgan fingerprint density at radius 1 is 1.04 bits per heavy atom. The van der Waals surface area contributed by atoms with Crippen LogP contribution >= 0.6 is 0 Å². The van der Waals surface area contributed by atoms with E-state index in [1.54, 1.807) is 18.2 Å². The van der Waals surface area contributed by atoms with Gasteiger partial charge in [-0.3, -0.25) is 9.59 Å². The third kappa shape index (κ3) is 5.37. The first kappa shape index (κ1) is 19.7. The number of hydrogen-bond acceptors (Lipinski definition) is 5. The summed E-state index contributed by atoms with van der Waals surface area (Å²) in [6.07, 6.45) is 4.05. The minimum Gasteiger partial charge on any atom is -0.468 e. The van der Waals surface area contributed by atoms with Crippen LogP contribution in [0.2, 0.25) is 0 Å². The highest BCUT2D eigenvalue weighted by Crippen LogP contribution is 2.23. The molecule has 0 spiro atoms. The second-order valence-electron chi connectivity index (χ2n) is 5.39. The largest absolute Gasteiger partial charge is 0.468 e. The van der Waals surface area contributed by atoms with Crippen molar-refractivity contribution in [1.29, 1.82) is 0 Å². The molecule has 1 atom stereocenters. The molecule has 1 aromatic carbocycles. The molecule has 0 fully saturated rings. The minimum absolute atomic E-state index is 0.177. The number of methoxy groups -OCH3 is 2. The number of rotatable bonds is 9. The summed E-state index contributed by atoms with van der Waals surface area (Å²) >= 11 is 0. The topological polar surface area (TPSA) is 81.7 Å². The Hall–Kier alpha value is -2.37. The van der Waals surface area contributed by atoms with E-state index in [1.807, 2.05) is 0 Å². The van der Waals surface area contributed by atoms with Gasteiger partial charge in [0.15, 0.2) is 5.92 Å². The van der Waals surface area contributed by atoms with Gasteiger partial charge < -0.3 is 14.8 Å². The van der Waals surface area contributed by atoms with Crippen LogP contribution in [0.3, 0.4) is 0 Å². The molecule has 1 amide bonds. The molecule has 6 nitrogen and oxygen atoms in total. The average molecular weight is 335 g/mol. The van der Waals surface area contributed by atoms with Gasteiger partial charge >= 0.3 is 11.9 Å². The summed E-state index contributed by atoms with van der Waals surface area (Å²) < 4.78 is 9.47. The molecule has 0 heterocycles. The van der Waals surface area contributed by atoms with Crippen LogP contribution in [-0.2, 0) is 19.1 Å². The first-order valence-corrected chi connectivity index (χ1v) is 8.09. The molecule has 0 saturated carbocycles. The van der Waals surface area contributed by atoms with Crippen molar-refractivity contribution in [3.63, 3.8) is 0 Å². The number of esters is 2. The van der Waals surface area contributed by atoms with Gasteiger partial charge in [-0.2, -0.15) is 0 Å². The SMILES string of the molecule is CCCCCCNC(=O)C(C(=O)OC)c1ccccc1C(=O)OC. The third-order valence-corrected chi connectivity index (χ3v) is 3.71. The number of benzene rings is 1. The first-order chi connectivity index (χ1) is 11.6. The second kappa shape index (κ2) is 10.4. The molecular weight excluding hydrogens is 310 g/mol. The molecule has 0 aliphatic carbocycles. The lowest BCUT2D eigenvalue weighted by Gasteiger charge is -2.17. The number of carbonyl (C=O) groups is 3. The Labute approximate surface area is 142 Å². The van der Waals surface area contributed by atoms with Gasteiger partial charge in [0.05, 0.1) is 19.8 Å². The van der Waals surface area contributed by atoms with E-state index in [2.05, 4.69) is 12.2 Å². The molecular formula is C18H25NO5. The van der Waals surface area contributed by atoms with E-state index in [0.29, 0.717) is 6.54 Å².